The van der Waals surface area contributed by atoms with E-state index in [2.05, 4.69) is 18.8 Å². The van der Waals surface area contributed by atoms with Crippen LogP contribution in [0.3, 0.4) is 0 Å². The fourth-order valence-electron chi connectivity index (χ4n) is 2.21. The van der Waals surface area contributed by atoms with Gasteiger partial charge in [-0.2, -0.15) is 0 Å². The molecule has 0 aromatic carbocycles. The standard InChI is InChI=1S/C11H15IN2O3/c1-3-8-6(2)4-9(17-8)14-5-7(12)10(15)13-11(14)16/h5-6,8-9H,3-4H2,1-2H3,(H,13,15,16)/t6-,8?,9?/m1/s1. The summed E-state index contributed by atoms with van der Waals surface area (Å²) >= 11 is 1.91. The number of nitrogens with zero attached hydrogens (tertiary/aromatic N) is 1. The molecule has 1 N–H and O–H groups in total. The Morgan fingerprint density at radius 1 is 1.59 bits per heavy atom. The molecule has 3 atom stereocenters. The van der Waals surface area contributed by atoms with Gasteiger partial charge in [0, 0.05) is 6.20 Å². The molecule has 2 rings (SSSR count). The summed E-state index contributed by atoms with van der Waals surface area (Å²) in [6.45, 7) is 4.19. The first-order chi connectivity index (χ1) is 8.02. The van der Waals surface area contributed by atoms with E-state index >= 15 is 0 Å². The molecule has 0 bridgehead atoms. The second kappa shape index (κ2) is 4.93. The van der Waals surface area contributed by atoms with Gasteiger partial charge in [-0.1, -0.05) is 13.8 Å². The third-order valence-corrected chi connectivity index (χ3v) is 3.95. The van der Waals surface area contributed by atoms with Gasteiger partial charge in [-0.3, -0.25) is 14.3 Å². The van der Waals surface area contributed by atoms with E-state index in [9.17, 15) is 9.59 Å². The Labute approximate surface area is 112 Å². The Kier molecular flexibility index (Phi) is 3.72. The van der Waals surface area contributed by atoms with Crippen LogP contribution in [0.4, 0.5) is 0 Å². The minimum absolute atomic E-state index is 0.191. The van der Waals surface area contributed by atoms with Crippen LogP contribution in [0.2, 0.25) is 0 Å². The second-order valence-electron chi connectivity index (χ2n) is 4.39. The van der Waals surface area contributed by atoms with E-state index in [-0.39, 0.29) is 17.9 Å². The van der Waals surface area contributed by atoms with Crippen LogP contribution < -0.4 is 11.2 Å². The van der Waals surface area contributed by atoms with Crippen LogP contribution in [-0.2, 0) is 4.74 Å². The highest BCUT2D eigenvalue weighted by Crippen LogP contribution is 2.33. The number of rotatable bonds is 2. The molecule has 17 heavy (non-hydrogen) atoms. The molecular weight excluding hydrogens is 335 g/mol. The van der Waals surface area contributed by atoms with Gasteiger partial charge in [0.1, 0.15) is 6.23 Å². The molecule has 1 aliphatic heterocycles. The van der Waals surface area contributed by atoms with Crippen molar-refractivity contribution < 1.29 is 4.74 Å². The first-order valence-electron chi connectivity index (χ1n) is 5.69. The van der Waals surface area contributed by atoms with Gasteiger partial charge in [0.15, 0.2) is 0 Å². The number of halogens is 1. The number of ether oxygens (including phenoxy) is 1. The van der Waals surface area contributed by atoms with Crippen molar-refractivity contribution in [2.75, 3.05) is 0 Å². The smallest absolute Gasteiger partial charge is 0.330 e. The Balaban J connectivity index is 2.34. The maximum atomic E-state index is 11.7. The summed E-state index contributed by atoms with van der Waals surface area (Å²) in [5.74, 6) is 0.432. The summed E-state index contributed by atoms with van der Waals surface area (Å²) < 4.78 is 7.80. The van der Waals surface area contributed by atoms with Crippen LogP contribution in [0, 0.1) is 9.49 Å². The summed E-state index contributed by atoms with van der Waals surface area (Å²) in [6.07, 6.45) is 3.24. The van der Waals surface area contributed by atoms with Gasteiger partial charge in [0.2, 0.25) is 0 Å². The largest absolute Gasteiger partial charge is 0.354 e. The average Bonchev–Trinajstić information content (AvgIpc) is 2.65. The zero-order valence-corrected chi connectivity index (χ0v) is 11.9. The van der Waals surface area contributed by atoms with Crippen molar-refractivity contribution in [3.05, 3.63) is 30.6 Å². The fourth-order valence-corrected chi connectivity index (χ4v) is 2.65. The lowest BCUT2D eigenvalue weighted by molar-refractivity contribution is -0.00771. The summed E-state index contributed by atoms with van der Waals surface area (Å²) in [4.78, 5) is 25.3. The highest BCUT2D eigenvalue weighted by Gasteiger charge is 2.32. The van der Waals surface area contributed by atoms with E-state index in [1.54, 1.807) is 6.20 Å². The molecule has 0 amide bonds. The first kappa shape index (κ1) is 12.8. The van der Waals surface area contributed by atoms with Crippen LogP contribution in [0.5, 0.6) is 0 Å². The fraction of sp³-hybridized carbons (Fsp3) is 0.636. The summed E-state index contributed by atoms with van der Waals surface area (Å²) in [5.41, 5.74) is -0.741. The third kappa shape index (κ3) is 2.47. The molecule has 1 aromatic heterocycles. The van der Waals surface area contributed by atoms with E-state index in [0.717, 1.165) is 12.8 Å². The maximum absolute atomic E-state index is 11.7. The molecule has 0 radical (unpaired) electrons. The topological polar surface area (TPSA) is 64.1 Å². The van der Waals surface area contributed by atoms with Crippen molar-refractivity contribution in [3.8, 4) is 0 Å². The predicted octanol–water partition coefficient (Wildman–Crippen LogP) is 1.47. The average molecular weight is 350 g/mol. The quantitative estimate of drug-likeness (QED) is 0.822. The van der Waals surface area contributed by atoms with E-state index in [1.165, 1.54) is 4.57 Å². The number of H-pyrrole nitrogens is 1. The van der Waals surface area contributed by atoms with Gasteiger partial charge in [0.25, 0.3) is 5.56 Å². The number of aromatic amines is 1. The van der Waals surface area contributed by atoms with Crippen molar-refractivity contribution in [1.82, 2.24) is 9.55 Å². The predicted molar refractivity (Wildman–Crippen MR) is 72.0 cm³/mol. The van der Waals surface area contributed by atoms with E-state index in [1.807, 2.05) is 22.6 Å². The van der Waals surface area contributed by atoms with Crippen LogP contribution in [0.15, 0.2) is 15.8 Å². The van der Waals surface area contributed by atoms with Crippen LogP contribution in [-0.4, -0.2) is 15.7 Å². The van der Waals surface area contributed by atoms with Crippen LogP contribution >= 0.6 is 22.6 Å². The third-order valence-electron chi connectivity index (χ3n) is 3.18. The van der Waals surface area contributed by atoms with Gasteiger partial charge in [0.05, 0.1) is 9.67 Å². The van der Waals surface area contributed by atoms with Crippen LogP contribution in [0.1, 0.15) is 32.9 Å². The van der Waals surface area contributed by atoms with E-state index < -0.39 is 5.69 Å². The van der Waals surface area contributed by atoms with E-state index in [0.29, 0.717) is 9.49 Å². The van der Waals surface area contributed by atoms with Crippen molar-refractivity contribution in [3.63, 3.8) is 0 Å². The number of hydrogen-bond acceptors (Lipinski definition) is 3. The molecular formula is C11H15IN2O3. The molecule has 1 aromatic rings. The highest BCUT2D eigenvalue weighted by atomic mass is 127. The first-order valence-corrected chi connectivity index (χ1v) is 6.77. The molecule has 5 nitrogen and oxygen atoms in total. The molecule has 0 spiro atoms. The summed E-state index contributed by atoms with van der Waals surface area (Å²) in [7, 11) is 0. The van der Waals surface area contributed by atoms with Crippen molar-refractivity contribution in [2.45, 2.75) is 39.0 Å². The van der Waals surface area contributed by atoms with Crippen molar-refractivity contribution >= 4 is 22.6 Å². The van der Waals surface area contributed by atoms with E-state index in [4.69, 9.17) is 4.74 Å². The molecule has 1 fully saturated rings. The molecule has 2 heterocycles. The van der Waals surface area contributed by atoms with Gasteiger partial charge < -0.3 is 4.74 Å². The lowest BCUT2D eigenvalue weighted by atomic mass is 10.0. The monoisotopic (exact) mass is 350 g/mol. The normalized spacial score (nSPS) is 28.5. The Bertz CT molecular complexity index is 522. The van der Waals surface area contributed by atoms with Gasteiger partial charge in [-0.25, -0.2) is 4.79 Å². The molecule has 1 aliphatic rings. The maximum Gasteiger partial charge on any atom is 0.330 e. The Morgan fingerprint density at radius 3 is 2.88 bits per heavy atom. The van der Waals surface area contributed by atoms with Crippen LogP contribution in [0.25, 0.3) is 0 Å². The molecule has 2 unspecified atom stereocenters. The SMILES string of the molecule is CCC1OC(n2cc(I)c(=O)[nH]c2=O)C[C@H]1C. The molecule has 94 valence electrons. The molecule has 6 heteroatoms. The van der Waals surface area contributed by atoms with Gasteiger partial charge in [-0.15, -0.1) is 0 Å². The van der Waals surface area contributed by atoms with Crippen molar-refractivity contribution in [2.24, 2.45) is 5.92 Å². The number of aromatic nitrogens is 2. The lowest BCUT2D eigenvalue weighted by Crippen LogP contribution is -2.33. The van der Waals surface area contributed by atoms with Gasteiger partial charge in [-0.05, 0) is 41.4 Å². The zero-order chi connectivity index (χ0) is 12.6. The molecule has 0 aliphatic carbocycles. The zero-order valence-electron chi connectivity index (χ0n) is 9.77. The highest BCUT2D eigenvalue weighted by molar-refractivity contribution is 14.1. The minimum Gasteiger partial charge on any atom is -0.354 e. The minimum atomic E-state index is -0.399. The number of hydrogen-bond donors (Lipinski definition) is 1. The van der Waals surface area contributed by atoms with Crippen molar-refractivity contribution in [1.29, 1.82) is 0 Å². The Hall–Kier alpha value is -0.630. The summed E-state index contributed by atoms with van der Waals surface area (Å²) in [5, 5.41) is 0. The summed E-state index contributed by atoms with van der Waals surface area (Å²) in [6, 6.07) is 0. The lowest BCUT2D eigenvalue weighted by Gasteiger charge is -2.15. The Morgan fingerprint density at radius 2 is 2.29 bits per heavy atom. The molecule has 1 saturated heterocycles. The molecule has 0 saturated carbocycles. The number of nitrogens with one attached hydrogen (secondary N) is 1. The second-order valence-corrected chi connectivity index (χ2v) is 5.56. The van der Waals surface area contributed by atoms with Gasteiger partial charge >= 0.3 is 5.69 Å².